The summed E-state index contributed by atoms with van der Waals surface area (Å²) in [6, 6.07) is -0.0336. The number of nitrogens with one attached hydrogen (secondary N) is 3. The van der Waals surface area contributed by atoms with E-state index in [1.165, 1.54) is 0 Å². The van der Waals surface area contributed by atoms with Gasteiger partial charge >= 0.3 is 0 Å². The molecule has 0 aliphatic rings. The second-order valence-electron chi connectivity index (χ2n) is 7.76. The summed E-state index contributed by atoms with van der Waals surface area (Å²) in [5, 5.41) is 28.2. The molecule has 7 N–H and O–H groups in total. The highest BCUT2D eigenvalue weighted by Gasteiger charge is 2.25. The summed E-state index contributed by atoms with van der Waals surface area (Å²) in [5.41, 5.74) is 8.23. The lowest BCUT2D eigenvalue weighted by atomic mass is 9.93. The summed E-state index contributed by atoms with van der Waals surface area (Å²) in [7, 11) is 0. The van der Waals surface area contributed by atoms with Gasteiger partial charge in [0.2, 0.25) is 0 Å². The average molecular weight is 346 g/mol. The lowest BCUT2D eigenvalue weighted by Gasteiger charge is -2.33. The fourth-order valence-electron chi connectivity index (χ4n) is 2.42. The summed E-state index contributed by atoms with van der Waals surface area (Å²) in [4.78, 5) is 0. The molecular weight excluding hydrogens is 306 g/mol. The SMILES string of the molecule is C/C(=N\O)C(C)(C)NCCC(CCN)CCNC(C)(C)C(C)NO. The molecule has 0 bridgehead atoms. The fourth-order valence-corrected chi connectivity index (χ4v) is 2.42. The molecule has 0 aromatic heterocycles. The highest BCUT2D eigenvalue weighted by molar-refractivity contribution is 5.90. The Morgan fingerprint density at radius 1 is 1.08 bits per heavy atom. The average Bonchev–Trinajstić information content (AvgIpc) is 2.52. The van der Waals surface area contributed by atoms with Gasteiger partial charge in [0.1, 0.15) is 0 Å². The van der Waals surface area contributed by atoms with Crippen LogP contribution in [0.15, 0.2) is 5.16 Å². The molecule has 144 valence electrons. The van der Waals surface area contributed by atoms with Crippen LogP contribution in [-0.2, 0) is 0 Å². The molecule has 0 spiro atoms. The van der Waals surface area contributed by atoms with Crippen molar-refractivity contribution in [1.82, 2.24) is 16.1 Å². The Labute approximate surface area is 147 Å². The summed E-state index contributed by atoms with van der Waals surface area (Å²) in [6.45, 7) is 14.3. The van der Waals surface area contributed by atoms with Gasteiger partial charge in [0.25, 0.3) is 0 Å². The third kappa shape index (κ3) is 8.39. The smallest absolute Gasteiger partial charge is 0.0734 e. The third-order valence-electron chi connectivity index (χ3n) is 5.16. The quantitative estimate of drug-likeness (QED) is 0.172. The van der Waals surface area contributed by atoms with E-state index in [9.17, 15) is 0 Å². The van der Waals surface area contributed by atoms with Crippen molar-refractivity contribution in [2.24, 2.45) is 16.8 Å². The Hall–Kier alpha value is -0.730. The Balaban J connectivity index is 4.32. The minimum Gasteiger partial charge on any atom is -0.411 e. The van der Waals surface area contributed by atoms with Crippen molar-refractivity contribution in [2.75, 3.05) is 19.6 Å². The van der Waals surface area contributed by atoms with E-state index >= 15 is 0 Å². The zero-order valence-electron chi connectivity index (χ0n) is 16.3. The van der Waals surface area contributed by atoms with Crippen LogP contribution in [0.2, 0.25) is 0 Å². The van der Waals surface area contributed by atoms with Gasteiger partial charge in [-0.05, 0) is 86.4 Å². The summed E-state index contributed by atoms with van der Waals surface area (Å²) in [6.07, 6.45) is 3.05. The van der Waals surface area contributed by atoms with Crippen molar-refractivity contribution in [1.29, 1.82) is 0 Å². The van der Waals surface area contributed by atoms with Gasteiger partial charge in [-0.1, -0.05) is 5.16 Å². The molecule has 0 saturated heterocycles. The maximum Gasteiger partial charge on any atom is 0.0734 e. The molecular formula is C17H39N5O2. The molecule has 0 aliphatic carbocycles. The number of nitrogens with zero attached hydrogens (tertiary/aromatic N) is 1. The second kappa shape index (κ2) is 11.0. The predicted octanol–water partition coefficient (Wildman–Crippen LogP) is 1.69. The van der Waals surface area contributed by atoms with Crippen LogP contribution in [0.4, 0.5) is 0 Å². The van der Waals surface area contributed by atoms with Crippen LogP contribution in [0, 0.1) is 5.92 Å². The van der Waals surface area contributed by atoms with E-state index in [0.29, 0.717) is 18.2 Å². The molecule has 2 unspecified atom stereocenters. The summed E-state index contributed by atoms with van der Waals surface area (Å²) >= 11 is 0. The van der Waals surface area contributed by atoms with Crippen molar-refractivity contribution in [3.63, 3.8) is 0 Å². The summed E-state index contributed by atoms with van der Waals surface area (Å²) in [5.74, 6) is 0.533. The van der Waals surface area contributed by atoms with Crippen molar-refractivity contribution in [2.45, 2.75) is 77.9 Å². The number of nitrogens with two attached hydrogens (primary N) is 1. The molecule has 0 aromatic rings. The molecule has 0 fully saturated rings. The van der Waals surface area contributed by atoms with E-state index < -0.39 is 0 Å². The molecule has 0 amide bonds. The molecule has 2 atom stereocenters. The van der Waals surface area contributed by atoms with Crippen LogP contribution >= 0.6 is 0 Å². The van der Waals surface area contributed by atoms with Gasteiger partial charge in [-0.15, -0.1) is 0 Å². The first kappa shape index (κ1) is 23.3. The van der Waals surface area contributed by atoms with Crippen molar-refractivity contribution < 1.29 is 10.4 Å². The van der Waals surface area contributed by atoms with E-state index in [0.717, 1.165) is 32.4 Å². The Bertz CT molecular complexity index is 372. The lowest BCUT2D eigenvalue weighted by molar-refractivity contribution is 0.0902. The third-order valence-corrected chi connectivity index (χ3v) is 5.16. The van der Waals surface area contributed by atoms with Gasteiger partial charge in [0.05, 0.1) is 11.3 Å². The highest BCUT2D eigenvalue weighted by Crippen LogP contribution is 2.15. The van der Waals surface area contributed by atoms with Crippen molar-refractivity contribution in [3.05, 3.63) is 0 Å². The second-order valence-corrected chi connectivity index (χ2v) is 7.76. The minimum atomic E-state index is -0.315. The zero-order valence-corrected chi connectivity index (χ0v) is 16.3. The van der Waals surface area contributed by atoms with Crippen LogP contribution in [0.3, 0.4) is 0 Å². The largest absolute Gasteiger partial charge is 0.411 e. The van der Waals surface area contributed by atoms with Gasteiger partial charge in [-0.3, -0.25) is 0 Å². The van der Waals surface area contributed by atoms with Crippen LogP contribution in [0.5, 0.6) is 0 Å². The van der Waals surface area contributed by atoms with Crippen molar-refractivity contribution >= 4 is 5.71 Å². The number of hydroxylamine groups is 1. The molecule has 24 heavy (non-hydrogen) atoms. The zero-order chi connectivity index (χ0) is 18.8. The van der Waals surface area contributed by atoms with Gasteiger partial charge in [0, 0.05) is 11.6 Å². The number of oxime groups is 1. The molecule has 0 aliphatic heterocycles. The molecule has 0 radical (unpaired) electrons. The number of rotatable bonds is 13. The van der Waals surface area contributed by atoms with Gasteiger partial charge in [-0.25, -0.2) is 5.48 Å². The van der Waals surface area contributed by atoms with E-state index in [2.05, 4.69) is 35.1 Å². The topological polar surface area (TPSA) is 115 Å². The van der Waals surface area contributed by atoms with Gasteiger partial charge in [-0.2, -0.15) is 0 Å². The van der Waals surface area contributed by atoms with E-state index in [-0.39, 0.29) is 17.1 Å². The monoisotopic (exact) mass is 345 g/mol. The van der Waals surface area contributed by atoms with Gasteiger partial charge < -0.3 is 26.8 Å². The first-order valence-electron chi connectivity index (χ1n) is 8.89. The molecule has 7 heteroatoms. The summed E-state index contributed by atoms with van der Waals surface area (Å²) < 4.78 is 0. The molecule has 0 aromatic carbocycles. The minimum absolute atomic E-state index is 0.0336. The fraction of sp³-hybridized carbons (Fsp3) is 0.941. The molecule has 0 saturated carbocycles. The number of hydrogen-bond acceptors (Lipinski definition) is 7. The Kier molecular flexibility index (Phi) is 10.7. The van der Waals surface area contributed by atoms with Crippen molar-refractivity contribution in [3.8, 4) is 0 Å². The molecule has 0 rings (SSSR count). The van der Waals surface area contributed by atoms with E-state index in [1.54, 1.807) is 0 Å². The maximum atomic E-state index is 9.08. The Morgan fingerprint density at radius 3 is 2.08 bits per heavy atom. The van der Waals surface area contributed by atoms with E-state index in [4.69, 9.17) is 16.1 Å². The lowest BCUT2D eigenvalue weighted by Crippen LogP contribution is -2.54. The predicted molar refractivity (Wildman–Crippen MR) is 99.8 cm³/mol. The highest BCUT2D eigenvalue weighted by atomic mass is 16.5. The van der Waals surface area contributed by atoms with Crippen LogP contribution in [0.25, 0.3) is 0 Å². The maximum absolute atomic E-state index is 9.08. The van der Waals surface area contributed by atoms with Gasteiger partial charge in [0.15, 0.2) is 0 Å². The molecule has 0 heterocycles. The van der Waals surface area contributed by atoms with E-state index in [1.807, 2.05) is 27.7 Å². The van der Waals surface area contributed by atoms with Crippen LogP contribution < -0.4 is 21.8 Å². The Morgan fingerprint density at radius 2 is 1.62 bits per heavy atom. The van der Waals surface area contributed by atoms with Crippen LogP contribution in [0.1, 0.15) is 60.8 Å². The van der Waals surface area contributed by atoms with Crippen LogP contribution in [-0.4, -0.2) is 52.9 Å². The first-order chi connectivity index (χ1) is 11.1. The number of hydrogen-bond donors (Lipinski definition) is 6. The standard InChI is InChI=1S/C17H39N5O2/c1-13(21-23)16(3,4)19-11-8-15(7-10-18)9-12-20-17(5,6)14(2)22-24/h13,15,19-21,23-24H,7-12,18H2,1-6H3/b22-14+. The molecule has 7 nitrogen and oxygen atoms in total. The first-order valence-corrected chi connectivity index (χ1v) is 8.89. The normalized spacial score (nSPS) is 16.2.